The molecular formula is C24H34IN5O3. The van der Waals surface area contributed by atoms with Gasteiger partial charge in [0.05, 0.1) is 24.1 Å². The third kappa shape index (κ3) is 4.71. The van der Waals surface area contributed by atoms with E-state index in [1.54, 1.807) is 13.3 Å². The molecule has 2 saturated heterocycles. The predicted octanol–water partition coefficient (Wildman–Crippen LogP) is 2.40. The van der Waals surface area contributed by atoms with Gasteiger partial charge in [-0.05, 0) is 56.3 Å². The number of imide groups is 1. The molecule has 2 amide bonds. The zero-order chi connectivity index (χ0) is 22.1. The molecule has 9 heteroatoms. The fourth-order valence-electron chi connectivity index (χ4n) is 6.01. The summed E-state index contributed by atoms with van der Waals surface area (Å²) < 4.78 is 5.72. The number of piperidine rings is 1. The van der Waals surface area contributed by atoms with Crippen molar-refractivity contribution in [2.24, 2.45) is 28.7 Å². The number of hydrogen-bond donors (Lipinski definition) is 2. The summed E-state index contributed by atoms with van der Waals surface area (Å²) in [5.74, 6) is 1.87. The zero-order valence-electron chi connectivity index (χ0n) is 19.1. The number of nitrogens with zero attached hydrogens (tertiary/aromatic N) is 3. The Labute approximate surface area is 212 Å². The summed E-state index contributed by atoms with van der Waals surface area (Å²) in [5.41, 5.74) is 0. The van der Waals surface area contributed by atoms with Gasteiger partial charge >= 0.3 is 0 Å². The van der Waals surface area contributed by atoms with Gasteiger partial charge in [0.1, 0.15) is 5.76 Å². The van der Waals surface area contributed by atoms with E-state index in [2.05, 4.69) is 32.7 Å². The first-order valence-electron chi connectivity index (χ1n) is 11.9. The first-order valence-corrected chi connectivity index (χ1v) is 11.9. The molecule has 3 heterocycles. The molecule has 0 spiro atoms. The third-order valence-corrected chi connectivity index (χ3v) is 7.58. The molecule has 1 aromatic rings. The number of hydrogen-bond acceptors (Lipinski definition) is 5. The molecule has 2 bridgehead atoms. The van der Waals surface area contributed by atoms with Gasteiger partial charge in [-0.2, -0.15) is 0 Å². The average molecular weight is 567 g/mol. The number of carbonyl (C=O) groups is 2. The summed E-state index contributed by atoms with van der Waals surface area (Å²) in [6.45, 7) is 3.66. The van der Waals surface area contributed by atoms with E-state index in [4.69, 9.17) is 4.42 Å². The van der Waals surface area contributed by atoms with Crippen LogP contribution >= 0.6 is 24.0 Å². The Morgan fingerprint density at radius 1 is 1.12 bits per heavy atom. The van der Waals surface area contributed by atoms with Crippen molar-refractivity contribution in [2.45, 2.75) is 31.7 Å². The Bertz CT molecular complexity index is 866. The van der Waals surface area contributed by atoms with Crippen LogP contribution in [0.1, 0.15) is 37.5 Å². The van der Waals surface area contributed by atoms with Crippen molar-refractivity contribution in [2.75, 3.05) is 39.8 Å². The lowest BCUT2D eigenvalue weighted by Crippen LogP contribution is -2.46. The molecule has 0 aromatic carbocycles. The van der Waals surface area contributed by atoms with Gasteiger partial charge < -0.3 is 15.1 Å². The monoisotopic (exact) mass is 567 g/mol. The number of fused-ring (bicyclic) bond motifs is 5. The molecule has 1 saturated carbocycles. The summed E-state index contributed by atoms with van der Waals surface area (Å²) >= 11 is 0. The predicted molar refractivity (Wildman–Crippen MR) is 136 cm³/mol. The summed E-state index contributed by atoms with van der Waals surface area (Å²) in [4.78, 5) is 33.9. The van der Waals surface area contributed by atoms with Gasteiger partial charge in [-0.15, -0.1) is 24.0 Å². The number of amides is 2. The topological polar surface area (TPSA) is 90.2 Å². The van der Waals surface area contributed by atoms with Crippen LogP contribution in [0.5, 0.6) is 0 Å². The molecule has 2 N–H and O–H groups in total. The van der Waals surface area contributed by atoms with Crippen molar-refractivity contribution in [1.29, 1.82) is 0 Å². The van der Waals surface area contributed by atoms with Crippen molar-refractivity contribution >= 4 is 41.8 Å². The van der Waals surface area contributed by atoms with E-state index < -0.39 is 0 Å². The van der Waals surface area contributed by atoms with Crippen LogP contribution in [0, 0.1) is 23.7 Å². The maximum atomic E-state index is 12.8. The second-order valence-corrected chi connectivity index (χ2v) is 9.34. The molecule has 8 nitrogen and oxygen atoms in total. The molecule has 33 heavy (non-hydrogen) atoms. The number of aliphatic imine (C=N–C) groups is 1. The van der Waals surface area contributed by atoms with Gasteiger partial charge in [0.15, 0.2) is 5.96 Å². The molecule has 2 aliphatic carbocycles. The Hall–Kier alpha value is -1.88. The van der Waals surface area contributed by atoms with Gasteiger partial charge in [0.25, 0.3) is 0 Å². The minimum absolute atomic E-state index is 0. The lowest BCUT2D eigenvalue weighted by Gasteiger charge is -2.33. The SMILES string of the molecule is CN=C(NCCN1C(=O)C2C3C=CC(C3)C2C1=O)NCC(c1ccco1)N1CCCCC1.I. The fraction of sp³-hybridized carbons (Fsp3) is 0.625. The van der Waals surface area contributed by atoms with Crippen molar-refractivity contribution < 1.29 is 14.0 Å². The first kappa shape index (κ1) is 24.3. The number of allylic oxidation sites excluding steroid dienone is 2. The van der Waals surface area contributed by atoms with Crippen molar-refractivity contribution in [3.8, 4) is 0 Å². The highest BCUT2D eigenvalue weighted by Gasteiger charge is 2.58. The van der Waals surface area contributed by atoms with Crippen molar-refractivity contribution in [3.05, 3.63) is 36.3 Å². The van der Waals surface area contributed by atoms with Gasteiger partial charge in [-0.1, -0.05) is 18.6 Å². The Balaban J connectivity index is 0.00000259. The number of halogens is 1. The number of furan rings is 1. The Morgan fingerprint density at radius 2 is 1.82 bits per heavy atom. The van der Waals surface area contributed by atoms with Gasteiger partial charge in [-0.3, -0.25) is 24.4 Å². The highest BCUT2D eigenvalue weighted by molar-refractivity contribution is 14.0. The average Bonchev–Trinajstić information content (AvgIpc) is 3.61. The number of rotatable bonds is 7. The number of carbonyl (C=O) groups excluding carboxylic acids is 2. The van der Waals surface area contributed by atoms with Crippen molar-refractivity contribution in [3.63, 3.8) is 0 Å². The molecular weight excluding hydrogens is 533 g/mol. The van der Waals surface area contributed by atoms with E-state index in [1.165, 1.54) is 24.2 Å². The number of nitrogens with one attached hydrogen (secondary N) is 2. The van der Waals surface area contributed by atoms with Crippen LogP contribution in [0.25, 0.3) is 0 Å². The maximum absolute atomic E-state index is 12.8. The van der Waals surface area contributed by atoms with Crippen LogP contribution in [-0.4, -0.2) is 67.3 Å². The largest absolute Gasteiger partial charge is 0.468 e. The molecule has 0 radical (unpaired) electrons. The highest BCUT2D eigenvalue weighted by atomic mass is 127. The van der Waals surface area contributed by atoms with Crippen LogP contribution in [-0.2, 0) is 9.59 Å². The van der Waals surface area contributed by atoms with Gasteiger partial charge in [-0.25, -0.2) is 0 Å². The van der Waals surface area contributed by atoms with Crippen LogP contribution in [0.4, 0.5) is 0 Å². The molecule has 4 aliphatic rings. The zero-order valence-corrected chi connectivity index (χ0v) is 21.4. The smallest absolute Gasteiger partial charge is 0.233 e. The standard InChI is InChI=1S/C24H33N5O3.HI/c1-25-24(27-15-18(19-6-5-13-32-19)28-10-3-2-4-11-28)26-9-12-29-22(30)20-16-7-8-17(14-16)21(20)23(29)31;/h5-8,13,16-18,20-21H,2-4,9-12,14-15H2,1H3,(H2,25,26,27);1H. The van der Waals surface area contributed by atoms with Crippen LogP contribution in [0.2, 0.25) is 0 Å². The van der Waals surface area contributed by atoms with E-state index >= 15 is 0 Å². The molecule has 180 valence electrons. The van der Waals surface area contributed by atoms with E-state index in [0.717, 1.165) is 25.3 Å². The van der Waals surface area contributed by atoms with E-state index in [-0.39, 0.29) is 65.5 Å². The minimum atomic E-state index is -0.131. The normalized spacial score (nSPS) is 29.8. The molecule has 5 rings (SSSR count). The quantitative estimate of drug-likeness (QED) is 0.173. The third-order valence-electron chi connectivity index (χ3n) is 7.58. The fourth-order valence-corrected chi connectivity index (χ4v) is 6.01. The van der Waals surface area contributed by atoms with E-state index in [0.29, 0.717) is 25.6 Å². The lowest BCUT2D eigenvalue weighted by molar-refractivity contribution is -0.140. The van der Waals surface area contributed by atoms with Crippen molar-refractivity contribution in [1.82, 2.24) is 20.4 Å². The first-order chi connectivity index (χ1) is 15.7. The van der Waals surface area contributed by atoms with E-state index in [9.17, 15) is 9.59 Å². The number of likely N-dealkylation sites (tertiary alicyclic amines) is 2. The Morgan fingerprint density at radius 3 is 2.42 bits per heavy atom. The molecule has 5 unspecified atom stereocenters. The number of guanidine groups is 1. The Kier molecular flexibility index (Phi) is 7.78. The lowest BCUT2D eigenvalue weighted by atomic mass is 9.85. The summed E-state index contributed by atoms with van der Waals surface area (Å²) in [5, 5.41) is 6.68. The van der Waals surface area contributed by atoms with E-state index in [1.807, 2.05) is 12.1 Å². The summed E-state index contributed by atoms with van der Waals surface area (Å²) in [6, 6.07) is 4.11. The van der Waals surface area contributed by atoms with Crippen LogP contribution in [0.15, 0.2) is 40.0 Å². The van der Waals surface area contributed by atoms with Gasteiger partial charge in [0, 0.05) is 26.7 Å². The molecule has 2 aliphatic heterocycles. The highest BCUT2D eigenvalue weighted by Crippen LogP contribution is 2.52. The van der Waals surface area contributed by atoms with Crippen LogP contribution in [0.3, 0.4) is 0 Å². The summed E-state index contributed by atoms with van der Waals surface area (Å²) in [6.07, 6.45) is 10.6. The molecule has 3 fully saturated rings. The minimum Gasteiger partial charge on any atom is -0.468 e. The second kappa shape index (κ2) is 10.6. The van der Waals surface area contributed by atoms with Crippen LogP contribution < -0.4 is 10.6 Å². The molecule has 5 atom stereocenters. The summed E-state index contributed by atoms with van der Waals surface area (Å²) in [7, 11) is 1.73. The van der Waals surface area contributed by atoms with Gasteiger partial charge in [0.2, 0.25) is 11.8 Å². The molecule has 1 aromatic heterocycles. The second-order valence-electron chi connectivity index (χ2n) is 9.34. The maximum Gasteiger partial charge on any atom is 0.233 e.